The van der Waals surface area contributed by atoms with Crippen LogP contribution in [-0.4, -0.2) is 127 Å². The van der Waals surface area contributed by atoms with Gasteiger partial charge in [-0.2, -0.15) is 0 Å². The lowest BCUT2D eigenvalue weighted by atomic mass is 9.96. The number of hydrogen-bond donors (Lipinski definition) is 1. The number of rotatable bonds is 13. The second kappa shape index (κ2) is 18.1. The zero-order valence-corrected chi connectivity index (χ0v) is 30.7. The van der Waals surface area contributed by atoms with Gasteiger partial charge in [-0.1, -0.05) is 70.5 Å². The summed E-state index contributed by atoms with van der Waals surface area (Å²) < 4.78 is 11.7. The number of esters is 1. The zero-order valence-electron chi connectivity index (χ0n) is 30.7. The summed E-state index contributed by atoms with van der Waals surface area (Å²) in [5.41, 5.74) is 1.39. The first-order valence-electron chi connectivity index (χ1n) is 18.2. The summed E-state index contributed by atoms with van der Waals surface area (Å²) >= 11 is 0. The van der Waals surface area contributed by atoms with E-state index in [4.69, 9.17) is 9.47 Å². The largest absolute Gasteiger partial charge is 0.455 e. The fourth-order valence-electron chi connectivity index (χ4n) is 7.21. The molecule has 0 aliphatic carbocycles. The van der Waals surface area contributed by atoms with Gasteiger partial charge in [-0.15, -0.1) is 0 Å². The van der Waals surface area contributed by atoms with Gasteiger partial charge in [0, 0.05) is 38.8 Å². The molecule has 3 aliphatic rings. The van der Waals surface area contributed by atoms with Crippen molar-refractivity contribution >= 4 is 23.7 Å². The molecule has 0 bridgehead atoms. The van der Waals surface area contributed by atoms with E-state index in [9.17, 15) is 19.2 Å². The van der Waals surface area contributed by atoms with Crippen molar-refractivity contribution in [3.05, 3.63) is 47.5 Å². The van der Waals surface area contributed by atoms with E-state index < -0.39 is 30.2 Å². The number of carbonyl (C=O) groups excluding carboxylic acids is 4. The Morgan fingerprint density at radius 3 is 2.24 bits per heavy atom. The van der Waals surface area contributed by atoms with E-state index in [1.807, 2.05) is 71.2 Å². The predicted octanol–water partition coefficient (Wildman–Crippen LogP) is 3.65. The SMILES string of the molecule is C/C(=C\[C@H](C(C)C)N(C)C(=O)[C@@H](NC(=O)C1CCCCN1C)C(C)C)C(=O)N1CCC[C@H]1C(=O)OC(CN1CCOCC1)c1ccccc1. The first-order valence-corrected chi connectivity index (χ1v) is 18.2. The Morgan fingerprint density at radius 1 is 0.939 bits per heavy atom. The highest BCUT2D eigenvalue weighted by Crippen LogP contribution is 2.27. The van der Waals surface area contributed by atoms with Gasteiger partial charge in [-0.3, -0.25) is 24.2 Å². The molecular formula is C38H59N5O6. The Kier molecular flexibility index (Phi) is 14.2. The van der Waals surface area contributed by atoms with Gasteiger partial charge in [-0.25, -0.2) is 4.79 Å². The smallest absolute Gasteiger partial charge is 0.329 e. The monoisotopic (exact) mass is 681 g/mol. The van der Waals surface area contributed by atoms with Crippen molar-refractivity contribution in [1.82, 2.24) is 24.9 Å². The molecule has 49 heavy (non-hydrogen) atoms. The molecule has 4 rings (SSSR count). The molecule has 11 nitrogen and oxygen atoms in total. The molecule has 1 aromatic rings. The number of likely N-dealkylation sites (N-methyl/N-ethyl adjacent to an activating group) is 2. The van der Waals surface area contributed by atoms with E-state index in [2.05, 4.69) is 15.1 Å². The van der Waals surface area contributed by atoms with Crippen LogP contribution in [0.3, 0.4) is 0 Å². The maximum absolute atomic E-state index is 13.9. The number of benzene rings is 1. The summed E-state index contributed by atoms with van der Waals surface area (Å²) in [7, 11) is 3.70. The fourth-order valence-corrected chi connectivity index (χ4v) is 7.21. The molecule has 3 saturated heterocycles. The van der Waals surface area contributed by atoms with Gasteiger partial charge in [0.2, 0.25) is 17.7 Å². The highest BCUT2D eigenvalue weighted by molar-refractivity contribution is 5.96. The molecule has 0 spiro atoms. The van der Waals surface area contributed by atoms with Crippen LogP contribution in [0.25, 0.3) is 0 Å². The van der Waals surface area contributed by atoms with Crippen molar-refractivity contribution in [2.45, 2.75) is 97.0 Å². The first kappa shape index (κ1) is 38.5. The summed E-state index contributed by atoms with van der Waals surface area (Å²) in [4.78, 5) is 62.5. The molecule has 3 fully saturated rings. The van der Waals surface area contributed by atoms with Crippen molar-refractivity contribution in [1.29, 1.82) is 0 Å². The maximum atomic E-state index is 13.9. The van der Waals surface area contributed by atoms with Crippen molar-refractivity contribution in [3.8, 4) is 0 Å². The van der Waals surface area contributed by atoms with Crippen molar-refractivity contribution in [2.24, 2.45) is 11.8 Å². The second-order valence-corrected chi connectivity index (χ2v) is 14.7. The lowest BCUT2D eigenvalue weighted by molar-refractivity contribution is -0.159. The van der Waals surface area contributed by atoms with E-state index in [1.165, 1.54) is 0 Å². The Bertz CT molecular complexity index is 1300. The van der Waals surface area contributed by atoms with Crippen LogP contribution in [0.15, 0.2) is 42.0 Å². The first-order chi connectivity index (χ1) is 23.4. The average molecular weight is 682 g/mol. The summed E-state index contributed by atoms with van der Waals surface area (Å²) in [6.07, 6.45) is 5.46. The Hall–Kier alpha value is -3.28. The standard InChI is InChI=1S/C38H59N5O6/c1-26(2)32(41(7)37(46)34(27(3)4)39-35(44)30-16-11-12-18-40(30)6)24-28(5)36(45)43-19-13-17-31(43)38(47)49-33(29-14-9-8-10-15-29)25-42-20-22-48-23-21-42/h8-10,14-15,24,26-27,30-34H,11-13,16-23,25H2,1-7H3,(H,39,44)/b28-24+/t30?,31-,32+,33?,34-/m0/s1. The maximum Gasteiger partial charge on any atom is 0.329 e. The van der Waals surface area contributed by atoms with Gasteiger partial charge in [0.1, 0.15) is 18.2 Å². The number of likely N-dealkylation sites (tertiary alicyclic amines) is 2. The second-order valence-electron chi connectivity index (χ2n) is 14.7. The Balaban J connectivity index is 1.45. The molecule has 0 aromatic heterocycles. The minimum Gasteiger partial charge on any atom is -0.455 e. The number of ether oxygens (including phenoxy) is 2. The molecule has 3 amide bonds. The highest BCUT2D eigenvalue weighted by atomic mass is 16.5. The van der Waals surface area contributed by atoms with Gasteiger partial charge in [-0.05, 0) is 63.6 Å². The van der Waals surface area contributed by atoms with E-state index in [0.717, 1.165) is 44.5 Å². The minimum atomic E-state index is -0.689. The van der Waals surface area contributed by atoms with E-state index in [0.29, 0.717) is 44.7 Å². The van der Waals surface area contributed by atoms with Crippen LogP contribution in [0.4, 0.5) is 0 Å². The summed E-state index contributed by atoms with van der Waals surface area (Å²) in [6, 6.07) is 7.75. The van der Waals surface area contributed by atoms with Crippen molar-refractivity contribution in [3.63, 3.8) is 0 Å². The van der Waals surface area contributed by atoms with Crippen LogP contribution >= 0.6 is 0 Å². The summed E-state index contributed by atoms with van der Waals surface area (Å²) in [5.74, 6) is -1.05. The van der Waals surface area contributed by atoms with Crippen LogP contribution in [0.2, 0.25) is 0 Å². The number of hydrogen-bond acceptors (Lipinski definition) is 8. The third-order valence-corrected chi connectivity index (χ3v) is 10.3. The van der Waals surface area contributed by atoms with Gasteiger partial charge >= 0.3 is 5.97 Å². The summed E-state index contributed by atoms with van der Waals surface area (Å²) in [5, 5.41) is 3.05. The fraction of sp³-hybridized carbons (Fsp3) is 0.684. The predicted molar refractivity (Wildman–Crippen MR) is 189 cm³/mol. The van der Waals surface area contributed by atoms with Gasteiger partial charge < -0.3 is 24.6 Å². The van der Waals surface area contributed by atoms with Crippen LogP contribution in [0.1, 0.15) is 78.4 Å². The normalized spacial score (nSPS) is 22.9. The van der Waals surface area contributed by atoms with Gasteiger partial charge in [0.05, 0.1) is 25.3 Å². The molecule has 272 valence electrons. The molecule has 11 heteroatoms. The Labute approximate surface area is 293 Å². The number of piperidine rings is 1. The zero-order chi connectivity index (χ0) is 35.7. The quantitative estimate of drug-likeness (QED) is 0.248. The van der Waals surface area contributed by atoms with Gasteiger partial charge in [0.15, 0.2) is 0 Å². The molecule has 0 radical (unpaired) electrons. The van der Waals surface area contributed by atoms with Gasteiger partial charge in [0.25, 0.3) is 0 Å². The van der Waals surface area contributed by atoms with E-state index in [-0.39, 0.29) is 35.6 Å². The lowest BCUT2D eigenvalue weighted by Crippen LogP contribution is -2.57. The number of amides is 3. The lowest BCUT2D eigenvalue weighted by Gasteiger charge is -2.36. The Morgan fingerprint density at radius 2 is 1.61 bits per heavy atom. The van der Waals surface area contributed by atoms with Crippen molar-refractivity contribution in [2.75, 3.05) is 60.0 Å². The van der Waals surface area contributed by atoms with Crippen LogP contribution < -0.4 is 5.32 Å². The average Bonchev–Trinajstić information content (AvgIpc) is 3.59. The van der Waals surface area contributed by atoms with Crippen LogP contribution in [0.5, 0.6) is 0 Å². The number of nitrogens with zero attached hydrogens (tertiary/aromatic N) is 4. The molecule has 1 aromatic carbocycles. The van der Waals surface area contributed by atoms with Crippen molar-refractivity contribution < 1.29 is 28.7 Å². The topological polar surface area (TPSA) is 112 Å². The molecule has 1 N–H and O–H groups in total. The van der Waals surface area contributed by atoms with Crippen LogP contribution in [0, 0.1) is 11.8 Å². The molecule has 3 heterocycles. The minimum absolute atomic E-state index is 0.00384. The molecule has 5 atom stereocenters. The molecule has 2 unspecified atom stereocenters. The third kappa shape index (κ3) is 10.1. The third-order valence-electron chi connectivity index (χ3n) is 10.3. The van der Waals surface area contributed by atoms with Crippen LogP contribution in [-0.2, 0) is 28.7 Å². The summed E-state index contributed by atoms with van der Waals surface area (Å²) in [6.45, 7) is 14.4. The number of nitrogens with one attached hydrogen (secondary N) is 1. The van der Waals surface area contributed by atoms with E-state index in [1.54, 1.807) is 23.8 Å². The number of carbonyl (C=O) groups is 4. The highest BCUT2D eigenvalue weighted by Gasteiger charge is 2.39. The number of morpholine rings is 1. The molecule has 0 saturated carbocycles. The molecular weight excluding hydrogens is 622 g/mol. The molecule has 3 aliphatic heterocycles. The van der Waals surface area contributed by atoms with E-state index >= 15 is 0 Å².